The first-order valence-electron chi connectivity index (χ1n) is 16.8. The molecule has 1 aromatic carbocycles. The van der Waals surface area contributed by atoms with Crippen LogP contribution in [-0.2, 0) is 19.2 Å². The van der Waals surface area contributed by atoms with Crippen LogP contribution in [0.4, 0.5) is 5.69 Å². The van der Waals surface area contributed by atoms with E-state index in [1.807, 2.05) is 54.6 Å². The third kappa shape index (κ3) is 10.4. The maximum Gasteiger partial charge on any atom is 0.304 e. The zero-order valence-electron chi connectivity index (χ0n) is 28.1. The van der Waals surface area contributed by atoms with E-state index in [4.69, 9.17) is 5.10 Å². The molecule has 2 atom stereocenters. The number of carboxylic acids is 1. The predicted molar refractivity (Wildman–Crippen MR) is 183 cm³/mol. The number of nitrogens with one attached hydrogen (secondary N) is 1. The van der Waals surface area contributed by atoms with Gasteiger partial charge >= 0.3 is 5.97 Å². The lowest BCUT2D eigenvalue weighted by Crippen LogP contribution is -2.48. The Hall–Kier alpha value is -4.25. The Morgan fingerprint density at radius 3 is 2.47 bits per heavy atom. The quantitative estimate of drug-likeness (QED) is 0.147. The second-order valence-electron chi connectivity index (χ2n) is 12.8. The molecule has 2 fully saturated rings. The van der Waals surface area contributed by atoms with Gasteiger partial charge in [-0.1, -0.05) is 12.2 Å². The SMILES string of the molecule is C/C=C\C=C(\CCC1CCN(CC(CC(=O)O)c2cc(N3CCN(C(=O)CCCC=O)CC3)cc(-n3nc(C)cc3C)c2)C1)NC=O. The van der Waals surface area contributed by atoms with E-state index in [0.29, 0.717) is 57.9 Å². The summed E-state index contributed by atoms with van der Waals surface area (Å²) in [7, 11) is 0. The van der Waals surface area contributed by atoms with Gasteiger partial charge in [0.2, 0.25) is 12.3 Å². The van der Waals surface area contributed by atoms with Gasteiger partial charge in [-0.2, -0.15) is 5.10 Å². The number of carboxylic acid groups (broad SMARTS) is 1. The van der Waals surface area contributed by atoms with Crippen LogP contribution in [-0.4, -0.2) is 95.1 Å². The molecule has 2 unspecified atom stereocenters. The van der Waals surface area contributed by atoms with Crippen molar-refractivity contribution in [2.75, 3.05) is 50.7 Å². The van der Waals surface area contributed by atoms with E-state index in [-0.39, 0.29) is 18.2 Å². The number of allylic oxidation sites excluding steroid dienone is 4. The number of amides is 2. The van der Waals surface area contributed by atoms with Gasteiger partial charge in [-0.15, -0.1) is 0 Å². The van der Waals surface area contributed by atoms with Crippen molar-refractivity contribution in [3.8, 4) is 5.69 Å². The van der Waals surface area contributed by atoms with E-state index in [0.717, 1.165) is 79.1 Å². The number of aliphatic carboxylic acids is 1. The molecule has 0 radical (unpaired) electrons. The van der Waals surface area contributed by atoms with Crippen molar-refractivity contribution in [2.45, 2.75) is 71.6 Å². The van der Waals surface area contributed by atoms with E-state index in [1.165, 1.54) is 0 Å². The Labute approximate surface area is 278 Å². The third-order valence-corrected chi connectivity index (χ3v) is 9.19. The zero-order valence-corrected chi connectivity index (χ0v) is 28.1. The van der Waals surface area contributed by atoms with E-state index < -0.39 is 5.97 Å². The molecule has 0 bridgehead atoms. The lowest BCUT2D eigenvalue weighted by atomic mass is 9.93. The largest absolute Gasteiger partial charge is 0.481 e. The molecule has 0 saturated carbocycles. The Bertz CT molecular complexity index is 1440. The van der Waals surface area contributed by atoms with Gasteiger partial charge in [0.05, 0.1) is 17.8 Å². The van der Waals surface area contributed by atoms with Gasteiger partial charge in [0.25, 0.3) is 0 Å². The van der Waals surface area contributed by atoms with Crippen molar-refractivity contribution in [1.82, 2.24) is 24.9 Å². The molecule has 2 aliphatic heterocycles. The topological polar surface area (TPSA) is 128 Å². The number of hydrogen-bond donors (Lipinski definition) is 2. The van der Waals surface area contributed by atoms with Crippen molar-refractivity contribution in [2.24, 2.45) is 5.92 Å². The number of carbonyl (C=O) groups is 4. The number of unbranched alkanes of at least 4 members (excludes halogenated alkanes) is 1. The average molecular weight is 647 g/mol. The molecule has 11 heteroatoms. The highest BCUT2D eigenvalue weighted by atomic mass is 16.4. The minimum atomic E-state index is -0.829. The van der Waals surface area contributed by atoms with E-state index in [9.17, 15) is 24.3 Å². The van der Waals surface area contributed by atoms with Gasteiger partial charge in [-0.3, -0.25) is 14.4 Å². The molecule has 3 heterocycles. The number of aryl methyl sites for hydroxylation is 2. The van der Waals surface area contributed by atoms with E-state index >= 15 is 0 Å². The zero-order chi connectivity index (χ0) is 33.8. The van der Waals surface area contributed by atoms with Crippen molar-refractivity contribution < 1.29 is 24.3 Å². The maximum absolute atomic E-state index is 12.7. The normalized spacial score (nSPS) is 18.1. The number of hydrogen-bond acceptors (Lipinski definition) is 7. The fraction of sp³-hybridized carbons (Fsp3) is 0.528. The average Bonchev–Trinajstić information content (AvgIpc) is 3.66. The van der Waals surface area contributed by atoms with Crippen LogP contribution in [0.3, 0.4) is 0 Å². The van der Waals surface area contributed by atoms with Crippen molar-refractivity contribution in [3.63, 3.8) is 0 Å². The summed E-state index contributed by atoms with van der Waals surface area (Å²) >= 11 is 0. The molecule has 47 heavy (non-hydrogen) atoms. The Balaban J connectivity index is 1.53. The molecule has 11 nitrogen and oxygen atoms in total. The number of anilines is 1. The van der Waals surface area contributed by atoms with Gasteiger partial charge in [0, 0.05) is 75.1 Å². The standard InChI is InChI=1S/C36H50N6O5/c1-4-5-8-32(37-26-44)11-10-29-12-13-39(24-29)25-31(22-36(46)47)30-20-33(23-34(21-30)42-28(3)19-27(2)38-42)40-14-16-41(17-15-40)35(45)9-6-7-18-43/h4-5,8,18-21,23,26,29,31H,6-7,9-17,22,24-25H2,1-3H3,(H,37,44)(H,46,47)/b5-4-,32-8-. The number of likely N-dealkylation sites (tertiary alicyclic amines) is 1. The predicted octanol–water partition coefficient (Wildman–Crippen LogP) is 4.37. The Morgan fingerprint density at radius 1 is 1.04 bits per heavy atom. The van der Waals surface area contributed by atoms with Gasteiger partial charge in [-0.25, -0.2) is 4.68 Å². The smallest absolute Gasteiger partial charge is 0.304 e. The molecule has 2 aromatic rings. The summed E-state index contributed by atoms with van der Waals surface area (Å²) in [6, 6.07) is 8.35. The van der Waals surface area contributed by atoms with Gasteiger partial charge in [-0.05, 0) is 94.8 Å². The van der Waals surface area contributed by atoms with Crippen LogP contribution < -0.4 is 10.2 Å². The highest BCUT2D eigenvalue weighted by Gasteiger charge is 2.28. The molecule has 2 aliphatic rings. The molecule has 0 aliphatic carbocycles. The summed E-state index contributed by atoms with van der Waals surface area (Å²) in [5, 5.41) is 17.5. The van der Waals surface area contributed by atoms with Crippen LogP contribution in [0.5, 0.6) is 0 Å². The number of carbonyl (C=O) groups excluding carboxylic acids is 3. The molecule has 254 valence electrons. The van der Waals surface area contributed by atoms with Gasteiger partial charge < -0.3 is 29.9 Å². The molecule has 4 rings (SSSR count). The summed E-state index contributed by atoms with van der Waals surface area (Å²) in [6.45, 7) is 10.9. The van der Waals surface area contributed by atoms with E-state index in [1.54, 1.807) is 0 Å². The van der Waals surface area contributed by atoms with Crippen LogP contribution in [0.1, 0.15) is 74.7 Å². The first-order valence-corrected chi connectivity index (χ1v) is 16.8. The molecule has 2 N–H and O–H groups in total. The summed E-state index contributed by atoms with van der Waals surface area (Å²) in [5.41, 5.74) is 5.67. The highest BCUT2D eigenvalue weighted by Crippen LogP contribution is 2.32. The number of benzene rings is 1. The molecule has 1 aromatic heterocycles. The molecule has 0 spiro atoms. The third-order valence-electron chi connectivity index (χ3n) is 9.19. The highest BCUT2D eigenvalue weighted by molar-refractivity contribution is 5.77. The minimum absolute atomic E-state index is 0.0176. The van der Waals surface area contributed by atoms with Gasteiger partial charge in [0.1, 0.15) is 6.29 Å². The molecule has 2 amide bonds. The van der Waals surface area contributed by atoms with Crippen molar-refractivity contribution >= 4 is 30.3 Å². The summed E-state index contributed by atoms with van der Waals surface area (Å²) in [5.74, 6) is -0.496. The first-order chi connectivity index (χ1) is 22.7. The molecular weight excluding hydrogens is 596 g/mol. The fourth-order valence-corrected chi connectivity index (χ4v) is 6.73. The van der Waals surface area contributed by atoms with Gasteiger partial charge in [0.15, 0.2) is 0 Å². The van der Waals surface area contributed by atoms with Crippen molar-refractivity contribution in [1.29, 1.82) is 0 Å². The van der Waals surface area contributed by atoms with Crippen LogP contribution >= 0.6 is 0 Å². The van der Waals surface area contributed by atoms with Crippen molar-refractivity contribution in [3.05, 3.63) is 65.1 Å². The molecular formula is C36H50N6O5. The summed E-state index contributed by atoms with van der Waals surface area (Å²) in [4.78, 5) is 53.1. The number of nitrogens with zero attached hydrogens (tertiary/aromatic N) is 5. The second kappa shape index (κ2) is 17.6. The number of aromatic nitrogens is 2. The summed E-state index contributed by atoms with van der Waals surface area (Å²) < 4.78 is 1.92. The van der Waals surface area contributed by atoms with Crippen LogP contribution in [0.2, 0.25) is 0 Å². The minimum Gasteiger partial charge on any atom is -0.481 e. The Kier molecular flexibility index (Phi) is 13.3. The maximum atomic E-state index is 12.7. The Morgan fingerprint density at radius 2 is 1.81 bits per heavy atom. The number of aldehydes is 1. The van der Waals surface area contributed by atoms with Crippen LogP contribution in [0.15, 0.2) is 48.2 Å². The lowest BCUT2D eigenvalue weighted by molar-refractivity contribution is -0.137. The summed E-state index contributed by atoms with van der Waals surface area (Å²) in [6.07, 6.45) is 11.5. The number of piperazine rings is 1. The lowest BCUT2D eigenvalue weighted by Gasteiger charge is -2.37. The first kappa shape index (κ1) is 35.6. The fourth-order valence-electron chi connectivity index (χ4n) is 6.73. The number of rotatable bonds is 17. The van der Waals surface area contributed by atoms with Crippen LogP contribution in [0.25, 0.3) is 5.69 Å². The monoisotopic (exact) mass is 646 g/mol. The van der Waals surface area contributed by atoms with Crippen LogP contribution in [0, 0.1) is 19.8 Å². The molecule has 2 saturated heterocycles. The van der Waals surface area contributed by atoms with E-state index in [2.05, 4.69) is 33.3 Å². The second-order valence-corrected chi connectivity index (χ2v) is 12.8.